The fraction of sp³-hybridized carbons (Fsp3) is 0.579. The molecule has 1 N–H and O–H groups in total. The number of carbonyl (C=O) groups excluding carboxylic acids is 1. The number of carbonyl (C=O) groups is 1. The van der Waals surface area contributed by atoms with Gasteiger partial charge in [0.1, 0.15) is 17.9 Å². The summed E-state index contributed by atoms with van der Waals surface area (Å²) in [6, 6.07) is 5.12. The molecule has 27 heavy (non-hydrogen) atoms. The Morgan fingerprint density at radius 3 is 2.74 bits per heavy atom. The first-order valence-corrected chi connectivity index (χ1v) is 9.80. The molecule has 8 heteroatoms. The first kappa shape index (κ1) is 17.7. The number of amides is 1. The molecule has 4 heterocycles. The summed E-state index contributed by atoms with van der Waals surface area (Å²) in [7, 11) is 0. The van der Waals surface area contributed by atoms with Gasteiger partial charge in [0.15, 0.2) is 0 Å². The number of anilines is 1. The standard InChI is InChI=1S/C19H18Cl2N2O4/c1-18-13(24)7-19(27-18)3-2-4-26-17-15(19)14(18)16(25)23(17)9-5-11(20)10(8-22)12(21)6-9/h5-6,13-15,17,24H,2-4,7H2,1H3/t13-,14?,15?,17+,18-,19+/m1/s1. The lowest BCUT2D eigenvalue weighted by atomic mass is 9.65. The van der Waals surface area contributed by atoms with E-state index >= 15 is 0 Å². The summed E-state index contributed by atoms with van der Waals surface area (Å²) in [4.78, 5) is 15.1. The molecular formula is C19H18Cl2N2O4. The van der Waals surface area contributed by atoms with Crippen LogP contribution in [0.2, 0.25) is 10.0 Å². The topological polar surface area (TPSA) is 82.8 Å². The number of ether oxygens (including phenoxy) is 2. The van der Waals surface area contributed by atoms with Crippen molar-refractivity contribution in [3.8, 4) is 6.07 Å². The Hall–Kier alpha value is -1.36. The lowest BCUT2D eigenvalue weighted by Gasteiger charge is -2.35. The molecule has 2 bridgehead atoms. The minimum Gasteiger partial charge on any atom is -0.390 e. The van der Waals surface area contributed by atoms with Gasteiger partial charge in [-0.05, 0) is 31.9 Å². The van der Waals surface area contributed by atoms with E-state index in [0.29, 0.717) is 18.7 Å². The Bertz CT molecular complexity index is 879. The number of nitriles is 1. The van der Waals surface area contributed by atoms with Crippen LogP contribution in [0.25, 0.3) is 0 Å². The van der Waals surface area contributed by atoms with Gasteiger partial charge < -0.3 is 14.6 Å². The molecule has 6 atom stereocenters. The number of hydrogen-bond donors (Lipinski definition) is 1. The van der Waals surface area contributed by atoms with Crippen molar-refractivity contribution in [1.82, 2.24) is 0 Å². The highest BCUT2D eigenvalue weighted by molar-refractivity contribution is 6.37. The quantitative estimate of drug-likeness (QED) is 0.772. The second kappa shape index (κ2) is 5.59. The Labute approximate surface area is 166 Å². The Balaban J connectivity index is 1.65. The zero-order valence-corrected chi connectivity index (χ0v) is 16.1. The average Bonchev–Trinajstić information content (AvgIpc) is 3.08. The third kappa shape index (κ3) is 2.10. The molecule has 4 aliphatic heterocycles. The van der Waals surface area contributed by atoms with Crippen molar-refractivity contribution in [1.29, 1.82) is 5.26 Å². The fourth-order valence-electron chi connectivity index (χ4n) is 5.63. The van der Waals surface area contributed by atoms with Crippen molar-refractivity contribution in [2.24, 2.45) is 11.8 Å². The minimum atomic E-state index is -0.921. The maximum absolute atomic E-state index is 13.5. The van der Waals surface area contributed by atoms with Crippen molar-refractivity contribution in [2.75, 3.05) is 11.5 Å². The number of aliphatic hydroxyl groups excluding tert-OH is 1. The third-order valence-electron chi connectivity index (χ3n) is 6.72. The van der Waals surface area contributed by atoms with E-state index in [-0.39, 0.29) is 27.4 Å². The van der Waals surface area contributed by atoms with Gasteiger partial charge in [-0.2, -0.15) is 5.26 Å². The average molecular weight is 409 g/mol. The highest BCUT2D eigenvalue weighted by Crippen LogP contribution is 2.64. The van der Waals surface area contributed by atoms with Crippen LogP contribution in [0.4, 0.5) is 5.69 Å². The fourth-order valence-corrected chi connectivity index (χ4v) is 6.19. The lowest BCUT2D eigenvalue weighted by Crippen LogP contribution is -2.49. The molecule has 6 nitrogen and oxygen atoms in total. The van der Waals surface area contributed by atoms with Crippen LogP contribution < -0.4 is 4.90 Å². The lowest BCUT2D eigenvalue weighted by molar-refractivity contribution is -0.132. The van der Waals surface area contributed by atoms with E-state index in [4.69, 9.17) is 32.7 Å². The molecule has 1 aromatic rings. The van der Waals surface area contributed by atoms with Gasteiger partial charge in [0.2, 0.25) is 5.91 Å². The van der Waals surface area contributed by atoms with Crippen molar-refractivity contribution in [3.63, 3.8) is 0 Å². The smallest absolute Gasteiger partial charge is 0.235 e. The number of hydrogen-bond acceptors (Lipinski definition) is 5. The van der Waals surface area contributed by atoms with Crippen LogP contribution in [0.1, 0.15) is 31.7 Å². The maximum atomic E-state index is 13.5. The summed E-state index contributed by atoms with van der Waals surface area (Å²) in [5.41, 5.74) is -0.791. The van der Waals surface area contributed by atoms with E-state index in [9.17, 15) is 15.2 Å². The minimum absolute atomic E-state index is 0.158. The third-order valence-corrected chi connectivity index (χ3v) is 7.32. The molecule has 142 valence electrons. The van der Waals surface area contributed by atoms with Crippen molar-refractivity contribution >= 4 is 34.8 Å². The molecule has 5 rings (SSSR count). The number of nitrogens with zero attached hydrogens (tertiary/aromatic N) is 2. The monoisotopic (exact) mass is 408 g/mol. The van der Waals surface area contributed by atoms with Gasteiger partial charge in [0, 0.05) is 24.6 Å². The Morgan fingerprint density at radius 1 is 1.37 bits per heavy atom. The predicted octanol–water partition coefficient (Wildman–Crippen LogP) is 2.87. The largest absolute Gasteiger partial charge is 0.390 e. The van der Waals surface area contributed by atoms with E-state index in [1.807, 2.05) is 13.0 Å². The van der Waals surface area contributed by atoms with E-state index in [1.54, 1.807) is 17.0 Å². The van der Waals surface area contributed by atoms with Crippen LogP contribution in [0, 0.1) is 23.2 Å². The van der Waals surface area contributed by atoms with E-state index < -0.39 is 29.5 Å². The Kier molecular flexibility index (Phi) is 3.67. The number of rotatable bonds is 1. The second-order valence-electron chi connectivity index (χ2n) is 8.04. The van der Waals surface area contributed by atoms with Crippen molar-refractivity contribution < 1.29 is 19.4 Å². The summed E-state index contributed by atoms with van der Waals surface area (Å²) < 4.78 is 12.4. The molecule has 1 aromatic carbocycles. The van der Waals surface area contributed by atoms with E-state index in [2.05, 4.69) is 0 Å². The molecule has 1 amide bonds. The van der Waals surface area contributed by atoms with Crippen LogP contribution in [0.3, 0.4) is 0 Å². The van der Waals surface area contributed by atoms with Gasteiger partial charge in [-0.3, -0.25) is 9.69 Å². The van der Waals surface area contributed by atoms with Gasteiger partial charge >= 0.3 is 0 Å². The van der Waals surface area contributed by atoms with Crippen molar-refractivity contribution in [2.45, 2.75) is 49.7 Å². The molecule has 4 saturated heterocycles. The summed E-state index contributed by atoms with van der Waals surface area (Å²) in [6.07, 6.45) is 0.890. The molecule has 1 spiro atoms. The SMILES string of the molecule is C[C@]12O[C@@]3(CCCO[C@H]4C3C1C(=O)N4c1cc(Cl)c(C#N)c(Cl)c1)C[C@H]2O. The number of halogens is 2. The molecule has 4 aliphatic rings. The van der Waals surface area contributed by atoms with Crippen LogP contribution in [-0.4, -0.2) is 41.2 Å². The van der Waals surface area contributed by atoms with E-state index in [0.717, 1.165) is 12.8 Å². The molecule has 0 aromatic heterocycles. The van der Waals surface area contributed by atoms with Gasteiger partial charge in [-0.15, -0.1) is 0 Å². The van der Waals surface area contributed by atoms with Crippen LogP contribution >= 0.6 is 23.2 Å². The molecule has 0 saturated carbocycles. The second-order valence-corrected chi connectivity index (χ2v) is 8.86. The normalized spacial score (nSPS) is 42.2. The first-order chi connectivity index (χ1) is 12.8. The highest BCUT2D eigenvalue weighted by Gasteiger charge is 2.77. The molecule has 4 fully saturated rings. The summed E-state index contributed by atoms with van der Waals surface area (Å²) in [6.45, 7) is 2.33. The molecule has 2 unspecified atom stereocenters. The summed E-state index contributed by atoms with van der Waals surface area (Å²) in [5.74, 6) is -0.807. The molecule has 0 radical (unpaired) electrons. The molecule has 0 aliphatic carbocycles. The number of benzene rings is 1. The summed E-state index contributed by atoms with van der Waals surface area (Å²) >= 11 is 12.4. The van der Waals surface area contributed by atoms with Gasteiger partial charge in [-0.25, -0.2) is 0 Å². The van der Waals surface area contributed by atoms with Gasteiger partial charge in [-0.1, -0.05) is 23.2 Å². The van der Waals surface area contributed by atoms with Gasteiger partial charge in [0.05, 0.1) is 33.2 Å². The number of aliphatic hydroxyl groups is 1. The maximum Gasteiger partial charge on any atom is 0.235 e. The first-order valence-electron chi connectivity index (χ1n) is 9.04. The predicted molar refractivity (Wildman–Crippen MR) is 97.5 cm³/mol. The van der Waals surface area contributed by atoms with Gasteiger partial charge in [0.25, 0.3) is 0 Å². The zero-order valence-electron chi connectivity index (χ0n) is 14.6. The van der Waals surface area contributed by atoms with Crippen LogP contribution in [-0.2, 0) is 14.3 Å². The van der Waals surface area contributed by atoms with Crippen LogP contribution in [0.15, 0.2) is 12.1 Å². The summed E-state index contributed by atoms with van der Waals surface area (Å²) in [5, 5.41) is 20.2. The van der Waals surface area contributed by atoms with Crippen molar-refractivity contribution in [3.05, 3.63) is 27.7 Å². The zero-order chi connectivity index (χ0) is 19.1. The van der Waals surface area contributed by atoms with Crippen LogP contribution in [0.5, 0.6) is 0 Å². The van der Waals surface area contributed by atoms with E-state index in [1.165, 1.54) is 0 Å². The molecular weight excluding hydrogens is 391 g/mol. The number of fused-ring (bicyclic) bond motifs is 2. The highest BCUT2D eigenvalue weighted by atomic mass is 35.5. The Morgan fingerprint density at radius 2 is 2.07 bits per heavy atom.